The zero-order chi connectivity index (χ0) is 21.3. The summed E-state index contributed by atoms with van der Waals surface area (Å²) in [5.74, 6) is 2.70. The summed E-state index contributed by atoms with van der Waals surface area (Å²) in [5, 5.41) is 3.34. The van der Waals surface area contributed by atoms with Crippen molar-refractivity contribution in [2.24, 2.45) is 5.92 Å². The molecule has 2 atom stereocenters. The van der Waals surface area contributed by atoms with Gasteiger partial charge in [-0.3, -0.25) is 4.79 Å². The summed E-state index contributed by atoms with van der Waals surface area (Å²) in [6, 6.07) is -0.341. The van der Waals surface area contributed by atoms with Gasteiger partial charge in [0.25, 0.3) is 0 Å². The number of aromatic nitrogens is 6. The molecule has 4 heterocycles. The molecule has 0 bridgehead atoms. The zero-order valence-corrected chi connectivity index (χ0v) is 18.0. The summed E-state index contributed by atoms with van der Waals surface area (Å²) in [5.41, 5.74) is 2.19. The molecule has 30 heavy (non-hydrogen) atoms. The Morgan fingerprint density at radius 3 is 2.63 bits per heavy atom. The van der Waals surface area contributed by atoms with Crippen LogP contribution in [0.4, 0.5) is 5.82 Å². The van der Waals surface area contributed by atoms with E-state index in [1.165, 1.54) is 6.33 Å². The van der Waals surface area contributed by atoms with E-state index in [-0.39, 0.29) is 11.9 Å². The van der Waals surface area contributed by atoms with E-state index in [1.807, 2.05) is 30.2 Å². The third-order valence-electron chi connectivity index (χ3n) is 5.64. The quantitative estimate of drug-likeness (QED) is 0.669. The van der Waals surface area contributed by atoms with Crippen molar-refractivity contribution in [1.82, 2.24) is 34.4 Å². The molecule has 1 aliphatic heterocycles. The van der Waals surface area contributed by atoms with Crippen LogP contribution in [0.3, 0.4) is 0 Å². The molecule has 0 aromatic carbocycles. The number of aryl methyl sites for hydroxylation is 2. The van der Waals surface area contributed by atoms with Crippen molar-refractivity contribution < 1.29 is 4.79 Å². The number of nitrogens with one attached hydrogen (secondary N) is 1. The normalized spacial score (nSPS) is 17.5. The van der Waals surface area contributed by atoms with Gasteiger partial charge in [0.1, 0.15) is 24.0 Å². The van der Waals surface area contributed by atoms with E-state index in [1.54, 1.807) is 12.4 Å². The lowest BCUT2D eigenvalue weighted by Gasteiger charge is -2.23. The van der Waals surface area contributed by atoms with Gasteiger partial charge in [0.15, 0.2) is 17.0 Å². The third-order valence-corrected chi connectivity index (χ3v) is 5.64. The first-order chi connectivity index (χ1) is 14.5. The van der Waals surface area contributed by atoms with Gasteiger partial charge in [-0.2, -0.15) is 0 Å². The highest BCUT2D eigenvalue weighted by Gasteiger charge is 2.29. The third kappa shape index (κ3) is 3.71. The lowest BCUT2D eigenvalue weighted by atomic mass is 10.1. The summed E-state index contributed by atoms with van der Waals surface area (Å²) < 4.78 is 2.02. The van der Waals surface area contributed by atoms with E-state index in [0.29, 0.717) is 36.0 Å². The summed E-state index contributed by atoms with van der Waals surface area (Å²) in [7, 11) is 0. The first kappa shape index (κ1) is 20.2. The van der Waals surface area contributed by atoms with Crippen molar-refractivity contribution in [1.29, 1.82) is 0 Å². The van der Waals surface area contributed by atoms with Gasteiger partial charge in [-0.1, -0.05) is 13.8 Å². The second-order valence-corrected chi connectivity index (χ2v) is 7.88. The minimum atomic E-state index is -0.341. The Bertz CT molecular complexity index is 1050. The van der Waals surface area contributed by atoms with E-state index in [9.17, 15) is 4.79 Å². The average molecular weight is 409 g/mol. The van der Waals surface area contributed by atoms with Crippen LogP contribution in [0.5, 0.6) is 0 Å². The molecular formula is C21H28N8O. The molecule has 9 heteroatoms. The maximum Gasteiger partial charge on any atom is 0.245 e. The first-order valence-electron chi connectivity index (χ1n) is 10.6. The molecule has 3 aromatic heterocycles. The molecule has 1 aliphatic rings. The Morgan fingerprint density at radius 1 is 1.23 bits per heavy atom. The van der Waals surface area contributed by atoms with Gasteiger partial charge in [0, 0.05) is 32.0 Å². The number of hydrogen-bond acceptors (Lipinski definition) is 7. The number of carbonyl (C=O) groups excluding carboxylic acids is 1. The van der Waals surface area contributed by atoms with Gasteiger partial charge in [0.2, 0.25) is 5.91 Å². The molecule has 4 rings (SSSR count). The second kappa shape index (κ2) is 8.33. The predicted octanol–water partition coefficient (Wildman–Crippen LogP) is 2.67. The van der Waals surface area contributed by atoms with Crippen LogP contribution in [0.2, 0.25) is 0 Å². The molecule has 0 spiro atoms. The van der Waals surface area contributed by atoms with Gasteiger partial charge in [0.05, 0.1) is 5.56 Å². The van der Waals surface area contributed by atoms with E-state index in [2.05, 4.69) is 32.2 Å². The van der Waals surface area contributed by atoms with E-state index >= 15 is 0 Å². The van der Waals surface area contributed by atoms with Crippen LogP contribution >= 0.6 is 0 Å². The Kier molecular flexibility index (Phi) is 5.61. The number of carbonyl (C=O) groups is 1. The number of amides is 1. The average Bonchev–Trinajstić information content (AvgIpc) is 3.35. The highest BCUT2D eigenvalue weighted by Crippen LogP contribution is 2.27. The van der Waals surface area contributed by atoms with Crippen molar-refractivity contribution in [2.75, 3.05) is 18.4 Å². The van der Waals surface area contributed by atoms with Crippen LogP contribution in [-0.2, 0) is 11.3 Å². The minimum absolute atomic E-state index is 0.121. The van der Waals surface area contributed by atoms with Crippen LogP contribution < -0.4 is 5.32 Å². The Balaban J connectivity index is 1.69. The fraction of sp³-hybridized carbons (Fsp3) is 0.524. The van der Waals surface area contributed by atoms with Gasteiger partial charge in [-0.05, 0) is 32.6 Å². The molecule has 0 saturated carbocycles. The van der Waals surface area contributed by atoms with Gasteiger partial charge >= 0.3 is 0 Å². The van der Waals surface area contributed by atoms with Crippen molar-refractivity contribution in [2.45, 2.75) is 53.1 Å². The van der Waals surface area contributed by atoms with Gasteiger partial charge in [-0.15, -0.1) is 0 Å². The Morgan fingerprint density at radius 2 is 2.00 bits per heavy atom. The van der Waals surface area contributed by atoms with Gasteiger partial charge in [-0.25, -0.2) is 24.9 Å². The molecule has 1 fully saturated rings. The van der Waals surface area contributed by atoms with Crippen LogP contribution in [0.25, 0.3) is 22.6 Å². The summed E-state index contributed by atoms with van der Waals surface area (Å²) >= 11 is 0. The molecule has 3 aromatic rings. The number of anilines is 1. The molecule has 0 aliphatic carbocycles. The van der Waals surface area contributed by atoms with E-state index in [4.69, 9.17) is 4.98 Å². The maximum absolute atomic E-state index is 13.0. The number of rotatable bonds is 6. The Labute approximate surface area is 176 Å². The fourth-order valence-corrected chi connectivity index (χ4v) is 3.93. The van der Waals surface area contributed by atoms with Crippen LogP contribution in [0.15, 0.2) is 18.7 Å². The van der Waals surface area contributed by atoms with Crippen LogP contribution in [0, 0.1) is 12.8 Å². The smallest absolute Gasteiger partial charge is 0.245 e. The summed E-state index contributed by atoms with van der Waals surface area (Å²) in [4.78, 5) is 37.2. The molecular weight excluding hydrogens is 380 g/mol. The van der Waals surface area contributed by atoms with Crippen molar-refractivity contribution >= 4 is 22.9 Å². The monoisotopic (exact) mass is 408 g/mol. The number of likely N-dealkylation sites (tertiary alicyclic amines) is 1. The molecule has 0 radical (unpaired) electrons. The largest absolute Gasteiger partial charge is 0.356 e. The van der Waals surface area contributed by atoms with Crippen LogP contribution in [0.1, 0.15) is 39.4 Å². The summed E-state index contributed by atoms with van der Waals surface area (Å²) in [6.45, 7) is 10.4. The number of fused-ring (bicyclic) bond motifs is 1. The molecule has 1 amide bonds. The van der Waals surface area contributed by atoms with Crippen molar-refractivity contribution in [3.8, 4) is 11.4 Å². The lowest BCUT2D eigenvalue weighted by Crippen LogP contribution is -2.41. The van der Waals surface area contributed by atoms with Crippen molar-refractivity contribution in [3.05, 3.63) is 24.5 Å². The molecule has 158 valence electrons. The second-order valence-electron chi connectivity index (χ2n) is 7.88. The SMILES string of the molecule is CCC(Nc1ncnc2c1nc(-c1cnc(C)nc1)n2CC)C(=O)N1CCC(C)C1. The maximum atomic E-state index is 13.0. The summed E-state index contributed by atoms with van der Waals surface area (Å²) in [6.07, 6.45) is 6.78. The number of imidazole rings is 1. The zero-order valence-electron chi connectivity index (χ0n) is 18.0. The predicted molar refractivity (Wildman–Crippen MR) is 115 cm³/mol. The van der Waals surface area contributed by atoms with Crippen molar-refractivity contribution in [3.63, 3.8) is 0 Å². The first-order valence-corrected chi connectivity index (χ1v) is 10.6. The topological polar surface area (TPSA) is 102 Å². The molecule has 1 saturated heterocycles. The number of nitrogens with zero attached hydrogens (tertiary/aromatic N) is 7. The van der Waals surface area contributed by atoms with Crippen LogP contribution in [-0.4, -0.2) is 59.4 Å². The lowest BCUT2D eigenvalue weighted by molar-refractivity contribution is -0.131. The highest BCUT2D eigenvalue weighted by molar-refractivity contribution is 5.90. The minimum Gasteiger partial charge on any atom is -0.356 e. The van der Waals surface area contributed by atoms with Gasteiger partial charge < -0.3 is 14.8 Å². The molecule has 2 unspecified atom stereocenters. The molecule has 9 nitrogen and oxygen atoms in total. The fourth-order valence-electron chi connectivity index (χ4n) is 3.93. The number of hydrogen-bond donors (Lipinski definition) is 1. The standard InChI is InChI=1S/C21H28N8O/c1-5-16(21(30)28-8-7-13(3)11-28)26-18-17-20(25-12-24-18)29(6-2)19(27-17)15-9-22-14(4)23-10-15/h9-10,12-13,16H,5-8,11H2,1-4H3,(H,24,25,26). The Hall–Kier alpha value is -3.10. The van der Waals surface area contributed by atoms with E-state index in [0.717, 1.165) is 36.5 Å². The highest BCUT2D eigenvalue weighted by atomic mass is 16.2. The molecule has 1 N–H and O–H groups in total. The van der Waals surface area contributed by atoms with E-state index < -0.39 is 0 Å².